The van der Waals surface area contributed by atoms with Crippen LogP contribution >= 0.6 is 0 Å². The molecule has 1 aromatic carbocycles. The van der Waals surface area contributed by atoms with E-state index in [-0.39, 0.29) is 23.9 Å². The maximum Gasteiger partial charge on any atom is 0.417 e. The minimum absolute atomic E-state index is 0.0322. The Bertz CT molecular complexity index is 972. The zero-order chi connectivity index (χ0) is 25.2. The first-order valence-corrected chi connectivity index (χ1v) is 13.3. The molecular weight excluding hydrogens is 456 g/mol. The molecule has 3 fully saturated rings. The Kier molecular flexibility index (Phi) is 6.19. The zero-order valence-corrected chi connectivity index (χ0v) is 20.8. The molecule has 0 bridgehead atoms. The third kappa shape index (κ3) is 3.98. The van der Waals surface area contributed by atoms with Gasteiger partial charge >= 0.3 is 6.18 Å². The molecule has 4 aliphatic carbocycles. The quantitative estimate of drug-likeness (QED) is 0.350. The molecule has 35 heavy (non-hydrogen) atoms. The predicted octanol–water partition coefficient (Wildman–Crippen LogP) is 6.99. The van der Waals surface area contributed by atoms with Crippen LogP contribution in [0.2, 0.25) is 0 Å². The number of aliphatic hydroxyl groups is 2. The number of hydrogen-bond acceptors (Lipinski definition) is 2. The van der Waals surface area contributed by atoms with Crippen LogP contribution in [-0.2, 0) is 6.42 Å². The molecule has 194 valence electrons. The fourth-order valence-corrected chi connectivity index (χ4v) is 8.93. The highest BCUT2D eigenvalue weighted by Crippen LogP contribution is 2.68. The van der Waals surface area contributed by atoms with E-state index in [0.717, 1.165) is 38.5 Å². The second kappa shape index (κ2) is 8.58. The van der Waals surface area contributed by atoms with E-state index in [1.165, 1.54) is 29.8 Å². The van der Waals surface area contributed by atoms with Crippen molar-refractivity contribution in [3.63, 3.8) is 0 Å². The van der Waals surface area contributed by atoms with E-state index in [9.17, 15) is 27.8 Å². The van der Waals surface area contributed by atoms with Gasteiger partial charge in [-0.1, -0.05) is 37.6 Å². The van der Waals surface area contributed by atoms with Gasteiger partial charge in [-0.25, -0.2) is 4.39 Å². The van der Waals surface area contributed by atoms with Crippen molar-refractivity contribution >= 4 is 0 Å². The van der Waals surface area contributed by atoms with Crippen molar-refractivity contribution in [3.8, 4) is 0 Å². The first kappa shape index (κ1) is 25.3. The molecule has 4 aliphatic rings. The van der Waals surface area contributed by atoms with Gasteiger partial charge in [-0.2, -0.15) is 13.2 Å². The average molecular weight is 495 g/mol. The predicted molar refractivity (Wildman–Crippen MR) is 127 cm³/mol. The zero-order valence-electron chi connectivity index (χ0n) is 20.8. The molecule has 0 saturated heterocycles. The lowest BCUT2D eigenvalue weighted by atomic mass is 9.46. The summed E-state index contributed by atoms with van der Waals surface area (Å²) in [5, 5.41) is 21.6. The molecule has 2 N–H and O–H groups in total. The van der Waals surface area contributed by atoms with Crippen LogP contribution in [0.25, 0.3) is 0 Å². The highest BCUT2D eigenvalue weighted by atomic mass is 19.4. The maximum absolute atomic E-state index is 14.6. The van der Waals surface area contributed by atoms with Crippen molar-refractivity contribution in [2.75, 3.05) is 0 Å². The molecule has 0 heterocycles. The summed E-state index contributed by atoms with van der Waals surface area (Å²) in [6, 6.07) is 5.52. The largest absolute Gasteiger partial charge is 0.417 e. The van der Waals surface area contributed by atoms with E-state index in [1.54, 1.807) is 0 Å². The van der Waals surface area contributed by atoms with E-state index < -0.39 is 35.3 Å². The minimum atomic E-state index is -4.72. The highest BCUT2D eigenvalue weighted by molar-refractivity contribution is 5.26. The Morgan fingerprint density at radius 3 is 2.37 bits per heavy atom. The number of aryl methyl sites for hydroxylation is 1. The molecule has 3 saturated carbocycles. The third-order valence-corrected chi connectivity index (χ3v) is 10.9. The van der Waals surface area contributed by atoms with Crippen LogP contribution in [0.5, 0.6) is 0 Å². The summed E-state index contributed by atoms with van der Waals surface area (Å²) in [6.07, 6.45) is 2.95. The first-order chi connectivity index (χ1) is 16.4. The third-order valence-electron chi connectivity index (χ3n) is 10.9. The van der Waals surface area contributed by atoms with E-state index >= 15 is 0 Å². The lowest BCUT2D eigenvalue weighted by Crippen LogP contribution is -2.58. The van der Waals surface area contributed by atoms with E-state index in [4.69, 9.17) is 0 Å². The van der Waals surface area contributed by atoms with Gasteiger partial charge in [0.15, 0.2) is 5.60 Å². The van der Waals surface area contributed by atoms with Crippen LogP contribution in [0.4, 0.5) is 17.6 Å². The van der Waals surface area contributed by atoms with E-state index in [0.29, 0.717) is 30.2 Å². The summed E-state index contributed by atoms with van der Waals surface area (Å²) >= 11 is 0. The summed E-state index contributed by atoms with van der Waals surface area (Å²) in [7, 11) is 0. The first-order valence-electron chi connectivity index (χ1n) is 13.3. The number of hydrogen-bond donors (Lipinski definition) is 2. The molecule has 6 heteroatoms. The molecule has 0 aliphatic heterocycles. The van der Waals surface area contributed by atoms with Crippen molar-refractivity contribution < 1.29 is 27.8 Å². The molecular formula is C29H38F4O2. The highest BCUT2D eigenvalue weighted by Gasteiger charge is 2.68. The normalized spacial score (nSPS) is 40.8. The summed E-state index contributed by atoms with van der Waals surface area (Å²) in [5.41, 5.74) is -1.34. The topological polar surface area (TPSA) is 40.5 Å². The smallest absolute Gasteiger partial charge is 0.393 e. The molecule has 2 nitrogen and oxygen atoms in total. The number of allylic oxidation sites excluding steroid dienone is 1. The number of aliphatic hydroxyl groups excluding tert-OH is 1. The second-order valence-corrected chi connectivity index (χ2v) is 12.4. The number of benzene rings is 1. The van der Waals surface area contributed by atoms with Gasteiger partial charge in [0, 0.05) is 5.92 Å². The van der Waals surface area contributed by atoms with Gasteiger partial charge in [0.1, 0.15) is 5.82 Å². The Morgan fingerprint density at radius 2 is 1.69 bits per heavy atom. The van der Waals surface area contributed by atoms with Crippen LogP contribution in [0.3, 0.4) is 0 Å². The summed E-state index contributed by atoms with van der Waals surface area (Å²) < 4.78 is 57.0. The van der Waals surface area contributed by atoms with Gasteiger partial charge in [0.05, 0.1) is 6.10 Å². The monoisotopic (exact) mass is 494 g/mol. The van der Waals surface area contributed by atoms with Gasteiger partial charge in [0.2, 0.25) is 0 Å². The van der Waals surface area contributed by atoms with Crippen LogP contribution < -0.4 is 0 Å². The minimum Gasteiger partial charge on any atom is -0.393 e. The van der Waals surface area contributed by atoms with Crippen molar-refractivity contribution in [1.82, 2.24) is 0 Å². The Labute approximate surface area is 205 Å². The Morgan fingerprint density at radius 1 is 0.971 bits per heavy atom. The van der Waals surface area contributed by atoms with Gasteiger partial charge in [-0.05, 0) is 110 Å². The molecule has 8 atom stereocenters. The Balaban J connectivity index is 1.41. The lowest BCUT2D eigenvalue weighted by molar-refractivity contribution is -0.295. The molecule has 5 rings (SSSR count). The van der Waals surface area contributed by atoms with Gasteiger partial charge in [0.25, 0.3) is 0 Å². The number of halogens is 4. The standard InChI is InChI=1S/C29H38F4O2/c1-26-14-12-21(34)17-19(26)5-8-22-23-9-10-25(27(23,2)15-13-24(22)26)28(35,29(31,32)33)16-11-18-3-6-20(30)7-4-18/h3-7,21-25,34-35H,8-17H2,1-2H3/t21-,22-,23-,24-,25-,26?,27-,28+/m0/s1. The van der Waals surface area contributed by atoms with E-state index in [2.05, 4.69) is 13.0 Å². The summed E-state index contributed by atoms with van der Waals surface area (Å²) in [4.78, 5) is 0. The molecule has 1 aromatic rings. The van der Waals surface area contributed by atoms with Crippen LogP contribution in [0, 0.1) is 40.3 Å². The van der Waals surface area contributed by atoms with Crippen molar-refractivity contribution in [3.05, 3.63) is 47.3 Å². The van der Waals surface area contributed by atoms with Crippen LogP contribution in [-0.4, -0.2) is 28.1 Å². The molecule has 1 unspecified atom stereocenters. The fraction of sp³-hybridized carbons (Fsp3) is 0.724. The van der Waals surface area contributed by atoms with Crippen LogP contribution in [0.15, 0.2) is 35.9 Å². The van der Waals surface area contributed by atoms with Gasteiger partial charge < -0.3 is 10.2 Å². The van der Waals surface area contributed by atoms with Gasteiger partial charge in [-0.3, -0.25) is 0 Å². The lowest BCUT2D eigenvalue weighted by Gasteiger charge is -2.59. The number of fused-ring (bicyclic) bond motifs is 5. The Hall–Kier alpha value is -1.40. The van der Waals surface area contributed by atoms with Crippen molar-refractivity contribution in [1.29, 1.82) is 0 Å². The van der Waals surface area contributed by atoms with Crippen molar-refractivity contribution in [2.24, 2.45) is 34.5 Å². The fourth-order valence-electron chi connectivity index (χ4n) is 8.93. The number of alkyl halides is 3. The van der Waals surface area contributed by atoms with Crippen molar-refractivity contribution in [2.45, 2.75) is 95.9 Å². The molecule has 0 aromatic heterocycles. The molecule has 0 amide bonds. The SMILES string of the molecule is CC12CC[C@H](O)CC1=CC[C@@H]1[C@@H]2CC[C@@]2(C)[C@H]1CC[C@@H]2[C@](O)(CCc1ccc(F)cc1)C(F)(F)F. The summed E-state index contributed by atoms with van der Waals surface area (Å²) in [5.74, 6) is -0.337. The maximum atomic E-state index is 14.6. The van der Waals surface area contributed by atoms with E-state index in [1.807, 2.05) is 6.92 Å². The molecule has 0 radical (unpaired) electrons. The van der Waals surface area contributed by atoms with Crippen LogP contribution in [0.1, 0.15) is 77.2 Å². The second-order valence-electron chi connectivity index (χ2n) is 12.4. The van der Waals surface area contributed by atoms with Gasteiger partial charge in [-0.15, -0.1) is 0 Å². The molecule has 0 spiro atoms. The summed E-state index contributed by atoms with van der Waals surface area (Å²) in [6.45, 7) is 4.32. The average Bonchev–Trinajstić information content (AvgIpc) is 3.16. The number of rotatable bonds is 4.